The average molecular weight is 309 g/mol. The van der Waals surface area contributed by atoms with Crippen LogP contribution in [0.3, 0.4) is 0 Å². The molecule has 0 heterocycles. The zero-order chi connectivity index (χ0) is 16.9. The topological polar surface area (TPSA) is 136 Å². The van der Waals surface area contributed by atoms with Gasteiger partial charge in [-0.1, -0.05) is 6.08 Å². The molecule has 0 aliphatic rings. The summed E-state index contributed by atoms with van der Waals surface area (Å²) < 4.78 is 0. The minimum atomic E-state index is -0.815. The number of benzene rings is 1. The molecule has 1 atom stereocenters. The zero-order valence-electron chi connectivity index (χ0n) is 11.8. The van der Waals surface area contributed by atoms with Crippen LogP contribution in [0.4, 0.5) is 17.1 Å². The molecule has 0 bridgehead atoms. The van der Waals surface area contributed by atoms with Gasteiger partial charge in [0.1, 0.15) is 0 Å². The van der Waals surface area contributed by atoms with Crippen molar-refractivity contribution >= 4 is 22.8 Å². The molecule has 22 heavy (non-hydrogen) atoms. The van der Waals surface area contributed by atoms with E-state index in [0.29, 0.717) is 0 Å². The number of hydrogen-bond donors (Lipinski definition) is 2. The molecule has 0 aromatic heterocycles. The van der Waals surface area contributed by atoms with E-state index >= 15 is 0 Å². The van der Waals surface area contributed by atoms with Gasteiger partial charge in [-0.3, -0.25) is 25.0 Å². The first-order valence-corrected chi connectivity index (χ1v) is 6.27. The molecular formula is C13H15N3O6. The fraction of sp³-hybridized carbons (Fsp3) is 0.308. The molecule has 2 N–H and O–H groups in total. The van der Waals surface area contributed by atoms with Gasteiger partial charge in [0, 0.05) is 17.7 Å². The Morgan fingerprint density at radius 3 is 2.18 bits per heavy atom. The minimum Gasteiger partial charge on any atom is -0.394 e. The van der Waals surface area contributed by atoms with Crippen LogP contribution in [0.15, 0.2) is 24.8 Å². The van der Waals surface area contributed by atoms with Gasteiger partial charge in [-0.2, -0.15) is 0 Å². The first-order valence-electron chi connectivity index (χ1n) is 6.27. The summed E-state index contributed by atoms with van der Waals surface area (Å²) in [7, 11) is 0. The highest BCUT2D eigenvalue weighted by atomic mass is 16.6. The Kier molecular flexibility index (Phi) is 5.70. The maximum Gasteiger partial charge on any atom is 0.300 e. The predicted octanol–water partition coefficient (Wildman–Crippen LogP) is 2.05. The summed E-state index contributed by atoms with van der Waals surface area (Å²) >= 11 is 0. The van der Waals surface area contributed by atoms with Crippen LogP contribution >= 0.6 is 0 Å². The molecule has 1 aromatic carbocycles. The second-order valence-corrected chi connectivity index (χ2v) is 4.51. The third-order valence-corrected chi connectivity index (χ3v) is 2.92. The van der Waals surface area contributed by atoms with E-state index in [-0.39, 0.29) is 17.7 Å². The second-order valence-electron chi connectivity index (χ2n) is 4.51. The summed E-state index contributed by atoms with van der Waals surface area (Å²) in [5.41, 5.74) is -1.67. The van der Waals surface area contributed by atoms with E-state index in [0.717, 1.165) is 19.1 Å². The van der Waals surface area contributed by atoms with E-state index in [4.69, 9.17) is 0 Å². The number of hydrogen-bond acceptors (Lipinski definition) is 7. The fourth-order valence-electron chi connectivity index (χ4n) is 1.84. The van der Waals surface area contributed by atoms with Crippen molar-refractivity contribution in [1.29, 1.82) is 0 Å². The predicted molar refractivity (Wildman–Crippen MR) is 79.1 cm³/mol. The van der Waals surface area contributed by atoms with Crippen molar-refractivity contribution in [2.75, 3.05) is 11.9 Å². The standard InChI is InChI=1S/C13H15N3O6/c1-3-4-10(7-17)14-13-11(15(19)20)5-9(8(2)18)6-12(13)16(21)22/h3,5-6,10,14,17H,1,4,7H2,2H3/t10-/m0/s1. The summed E-state index contributed by atoms with van der Waals surface area (Å²) in [5.74, 6) is -0.525. The third-order valence-electron chi connectivity index (χ3n) is 2.92. The van der Waals surface area contributed by atoms with Crippen LogP contribution in [-0.2, 0) is 0 Å². The number of nitrogens with one attached hydrogen (secondary N) is 1. The molecule has 0 fully saturated rings. The van der Waals surface area contributed by atoms with Crippen molar-refractivity contribution in [2.24, 2.45) is 0 Å². The van der Waals surface area contributed by atoms with Crippen LogP contribution in [0, 0.1) is 20.2 Å². The van der Waals surface area contributed by atoms with Crippen molar-refractivity contribution in [3.05, 3.63) is 50.6 Å². The van der Waals surface area contributed by atoms with E-state index < -0.39 is 39.7 Å². The number of carbonyl (C=O) groups excluding carboxylic acids is 1. The number of nitrogens with zero attached hydrogens (tertiary/aromatic N) is 2. The third kappa shape index (κ3) is 3.85. The van der Waals surface area contributed by atoms with Crippen LogP contribution in [0.25, 0.3) is 0 Å². The molecule has 9 nitrogen and oxygen atoms in total. The van der Waals surface area contributed by atoms with Crippen molar-refractivity contribution in [3.8, 4) is 0 Å². The lowest BCUT2D eigenvalue weighted by atomic mass is 10.1. The zero-order valence-corrected chi connectivity index (χ0v) is 11.8. The Morgan fingerprint density at radius 1 is 1.36 bits per heavy atom. The van der Waals surface area contributed by atoms with E-state index in [1.165, 1.54) is 6.08 Å². The lowest BCUT2D eigenvalue weighted by Crippen LogP contribution is -2.24. The molecule has 0 saturated heterocycles. The number of ketones is 1. The first kappa shape index (κ1) is 17.2. The molecule has 0 amide bonds. The number of nitro benzene ring substituents is 2. The normalized spacial score (nSPS) is 11.5. The van der Waals surface area contributed by atoms with Gasteiger partial charge in [0.2, 0.25) is 0 Å². The van der Waals surface area contributed by atoms with Gasteiger partial charge in [-0.15, -0.1) is 6.58 Å². The number of aliphatic hydroxyl groups excluding tert-OH is 1. The molecule has 0 aliphatic carbocycles. The van der Waals surface area contributed by atoms with Gasteiger partial charge >= 0.3 is 0 Å². The SMILES string of the molecule is C=CC[C@@H](CO)Nc1c([N+](=O)[O-])cc(C(C)=O)cc1[N+](=O)[O-]. The Bertz CT molecular complexity index is 593. The molecule has 118 valence electrons. The molecule has 0 spiro atoms. The monoisotopic (exact) mass is 309 g/mol. The van der Waals surface area contributed by atoms with Crippen LogP contribution in [0.5, 0.6) is 0 Å². The van der Waals surface area contributed by atoms with E-state index in [1.807, 2.05) is 0 Å². The van der Waals surface area contributed by atoms with Crippen molar-refractivity contribution < 1.29 is 19.7 Å². The molecular weight excluding hydrogens is 294 g/mol. The quantitative estimate of drug-likeness (QED) is 0.324. The van der Waals surface area contributed by atoms with Gasteiger partial charge in [-0.25, -0.2) is 0 Å². The molecule has 0 saturated carbocycles. The van der Waals surface area contributed by atoms with E-state index in [9.17, 15) is 30.1 Å². The first-order chi connectivity index (χ1) is 10.3. The molecule has 0 radical (unpaired) electrons. The molecule has 1 rings (SSSR count). The number of rotatable bonds is 8. The Morgan fingerprint density at radius 2 is 1.86 bits per heavy atom. The molecule has 9 heteroatoms. The van der Waals surface area contributed by atoms with Crippen LogP contribution in [0.1, 0.15) is 23.7 Å². The number of Topliss-reactive ketones (excluding diaryl/α,β-unsaturated/α-hetero) is 1. The fourth-order valence-corrected chi connectivity index (χ4v) is 1.84. The molecule has 1 aromatic rings. The van der Waals surface area contributed by atoms with E-state index in [2.05, 4.69) is 11.9 Å². The maximum absolute atomic E-state index is 11.4. The van der Waals surface area contributed by atoms with Crippen LogP contribution in [-0.4, -0.2) is 33.4 Å². The Labute approximate surface area is 125 Å². The van der Waals surface area contributed by atoms with Gasteiger partial charge in [-0.05, 0) is 13.3 Å². The number of aliphatic hydroxyl groups is 1. The highest BCUT2D eigenvalue weighted by Gasteiger charge is 2.29. The molecule has 0 unspecified atom stereocenters. The summed E-state index contributed by atoms with van der Waals surface area (Å²) in [6.45, 7) is 4.24. The van der Waals surface area contributed by atoms with Crippen molar-refractivity contribution in [2.45, 2.75) is 19.4 Å². The Hall–Kier alpha value is -2.81. The average Bonchev–Trinajstić information content (AvgIpc) is 2.45. The smallest absolute Gasteiger partial charge is 0.300 e. The summed E-state index contributed by atoms with van der Waals surface area (Å²) in [6, 6.07) is 1.28. The number of nitro groups is 2. The van der Waals surface area contributed by atoms with Crippen LogP contribution in [0.2, 0.25) is 0 Å². The van der Waals surface area contributed by atoms with Gasteiger partial charge in [0.05, 0.1) is 22.5 Å². The van der Waals surface area contributed by atoms with Gasteiger partial charge in [0.25, 0.3) is 11.4 Å². The van der Waals surface area contributed by atoms with Crippen molar-refractivity contribution in [1.82, 2.24) is 0 Å². The number of anilines is 1. The lowest BCUT2D eigenvalue weighted by Gasteiger charge is -2.16. The molecule has 0 aliphatic heterocycles. The van der Waals surface area contributed by atoms with Crippen molar-refractivity contribution in [3.63, 3.8) is 0 Å². The van der Waals surface area contributed by atoms with Crippen LogP contribution < -0.4 is 5.32 Å². The van der Waals surface area contributed by atoms with Gasteiger partial charge in [0.15, 0.2) is 11.5 Å². The second kappa shape index (κ2) is 7.27. The van der Waals surface area contributed by atoms with E-state index in [1.54, 1.807) is 0 Å². The number of carbonyl (C=O) groups is 1. The highest BCUT2D eigenvalue weighted by molar-refractivity contribution is 5.97. The highest BCUT2D eigenvalue weighted by Crippen LogP contribution is 2.36. The summed E-state index contributed by atoms with van der Waals surface area (Å²) in [4.78, 5) is 32.0. The lowest BCUT2D eigenvalue weighted by molar-refractivity contribution is -0.392. The van der Waals surface area contributed by atoms with Gasteiger partial charge < -0.3 is 10.4 Å². The maximum atomic E-state index is 11.4. The Balaban J connectivity index is 3.50. The summed E-state index contributed by atoms with van der Waals surface area (Å²) in [5, 5.41) is 34.1. The minimum absolute atomic E-state index is 0.131. The largest absolute Gasteiger partial charge is 0.394 e. The summed E-state index contributed by atoms with van der Waals surface area (Å²) in [6.07, 6.45) is 1.72.